The van der Waals surface area contributed by atoms with Gasteiger partial charge in [0.25, 0.3) is 0 Å². The maximum absolute atomic E-state index is 11.5. The quantitative estimate of drug-likeness (QED) is 0.558. The van der Waals surface area contributed by atoms with Gasteiger partial charge in [-0.2, -0.15) is 0 Å². The lowest BCUT2D eigenvalue weighted by Crippen LogP contribution is -2.11. The molecule has 0 fully saturated rings. The summed E-state index contributed by atoms with van der Waals surface area (Å²) in [5.41, 5.74) is 3.06. The topological polar surface area (TPSA) is 123 Å². The van der Waals surface area contributed by atoms with Crippen LogP contribution in [0.5, 0.6) is 0 Å². The number of unbranched alkanes of at least 4 members (excludes halogenated alkanes) is 1. The summed E-state index contributed by atoms with van der Waals surface area (Å²) in [6, 6.07) is 15.7. The fraction of sp³-hybridized carbons (Fsp3) is 0.200. The van der Waals surface area contributed by atoms with E-state index in [-0.39, 0.29) is 11.3 Å². The van der Waals surface area contributed by atoms with Gasteiger partial charge in [-0.05, 0) is 37.0 Å². The second-order valence-corrected chi connectivity index (χ2v) is 7.93. The molecule has 1 heterocycles. The average molecular weight is 400 g/mol. The van der Waals surface area contributed by atoms with Crippen LogP contribution in [0.25, 0.3) is 22.5 Å². The van der Waals surface area contributed by atoms with Crippen LogP contribution in [0.15, 0.2) is 64.0 Å². The van der Waals surface area contributed by atoms with Gasteiger partial charge in [0.15, 0.2) is 5.76 Å². The van der Waals surface area contributed by atoms with Crippen molar-refractivity contribution in [2.24, 2.45) is 5.14 Å². The van der Waals surface area contributed by atoms with E-state index in [2.05, 4.69) is 5.16 Å². The molecule has 0 aliphatic carbocycles. The van der Waals surface area contributed by atoms with Gasteiger partial charge in [0.2, 0.25) is 10.0 Å². The highest BCUT2D eigenvalue weighted by molar-refractivity contribution is 7.89. The number of hydrogen-bond donors (Lipinski definition) is 2. The smallest absolute Gasteiger partial charge is 0.303 e. The molecule has 0 aliphatic heterocycles. The Labute approximate surface area is 162 Å². The van der Waals surface area contributed by atoms with Crippen molar-refractivity contribution in [2.45, 2.75) is 30.6 Å². The van der Waals surface area contributed by atoms with Crippen LogP contribution in [0, 0.1) is 0 Å². The van der Waals surface area contributed by atoms with Crippen LogP contribution in [-0.4, -0.2) is 24.7 Å². The Morgan fingerprint density at radius 1 is 1.00 bits per heavy atom. The minimum absolute atomic E-state index is 0.0250. The minimum Gasteiger partial charge on any atom is -0.481 e. The van der Waals surface area contributed by atoms with Crippen molar-refractivity contribution in [3.63, 3.8) is 0 Å². The van der Waals surface area contributed by atoms with Gasteiger partial charge in [-0.25, -0.2) is 13.6 Å². The number of nitrogens with zero attached hydrogens (tertiary/aromatic N) is 1. The van der Waals surface area contributed by atoms with Gasteiger partial charge in [-0.3, -0.25) is 4.79 Å². The Kier molecular flexibility index (Phi) is 5.91. The van der Waals surface area contributed by atoms with E-state index in [0.717, 1.165) is 16.7 Å². The molecule has 0 atom stereocenters. The van der Waals surface area contributed by atoms with E-state index in [1.807, 2.05) is 30.3 Å². The molecular weight excluding hydrogens is 380 g/mol. The van der Waals surface area contributed by atoms with Crippen LogP contribution in [0.3, 0.4) is 0 Å². The summed E-state index contributed by atoms with van der Waals surface area (Å²) in [5.74, 6) is -0.249. The molecule has 0 aliphatic rings. The van der Waals surface area contributed by atoms with E-state index in [4.69, 9.17) is 14.8 Å². The summed E-state index contributed by atoms with van der Waals surface area (Å²) in [7, 11) is -3.78. The molecule has 0 bridgehead atoms. The van der Waals surface area contributed by atoms with Crippen molar-refractivity contribution in [3.05, 3.63) is 60.3 Å². The van der Waals surface area contributed by atoms with E-state index in [1.165, 1.54) is 12.1 Å². The first-order valence-corrected chi connectivity index (χ1v) is 10.3. The lowest BCUT2D eigenvalue weighted by Gasteiger charge is -2.06. The number of benzene rings is 2. The van der Waals surface area contributed by atoms with Crippen LogP contribution >= 0.6 is 0 Å². The van der Waals surface area contributed by atoms with E-state index in [0.29, 0.717) is 30.7 Å². The Bertz CT molecular complexity index is 1060. The van der Waals surface area contributed by atoms with Gasteiger partial charge in [0.1, 0.15) is 0 Å². The number of nitrogens with two attached hydrogens (primary N) is 1. The zero-order chi connectivity index (χ0) is 20.1. The molecule has 8 heteroatoms. The fourth-order valence-electron chi connectivity index (χ4n) is 2.96. The molecule has 28 heavy (non-hydrogen) atoms. The monoisotopic (exact) mass is 400 g/mol. The number of aryl methyl sites for hydroxylation is 1. The van der Waals surface area contributed by atoms with E-state index in [9.17, 15) is 13.2 Å². The molecular formula is C20H20N2O5S. The molecule has 0 radical (unpaired) electrons. The normalized spacial score (nSPS) is 11.5. The number of aliphatic carboxylic acids is 1. The van der Waals surface area contributed by atoms with Crippen LogP contribution in [0.2, 0.25) is 0 Å². The summed E-state index contributed by atoms with van der Waals surface area (Å²) in [5, 5.41) is 18.2. The second-order valence-electron chi connectivity index (χ2n) is 6.37. The van der Waals surface area contributed by atoms with Crippen LogP contribution in [0.4, 0.5) is 0 Å². The lowest BCUT2D eigenvalue weighted by molar-refractivity contribution is -0.137. The molecule has 146 valence electrons. The highest BCUT2D eigenvalue weighted by atomic mass is 32.2. The molecule has 2 aromatic carbocycles. The maximum Gasteiger partial charge on any atom is 0.303 e. The SMILES string of the molecule is NS(=O)(=O)c1ccc(-c2c(CCCCC(=O)O)noc2-c2ccccc2)cc1. The average Bonchev–Trinajstić information content (AvgIpc) is 3.09. The van der Waals surface area contributed by atoms with Crippen molar-refractivity contribution in [3.8, 4) is 22.5 Å². The van der Waals surface area contributed by atoms with E-state index < -0.39 is 16.0 Å². The third kappa shape index (κ3) is 4.65. The van der Waals surface area contributed by atoms with Crippen molar-refractivity contribution in [2.75, 3.05) is 0 Å². The molecule has 7 nitrogen and oxygen atoms in total. The first-order valence-electron chi connectivity index (χ1n) is 8.75. The number of carboxylic acids is 1. The highest BCUT2D eigenvalue weighted by Crippen LogP contribution is 2.36. The summed E-state index contributed by atoms with van der Waals surface area (Å²) in [4.78, 5) is 10.7. The van der Waals surface area contributed by atoms with Gasteiger partial charge < -0.3 is 9.63 Å². The molecule has 3 rings (SSSR count). The van der Waals surface area contributed by atoms with Gasteiger partial charge in [-0.1, -0.05) is 47.6 Å². The van der Waals surface area contributed by atoms with Crippen LogP contribution in [0.1, 0.15) is 25.0 Å². The van der Waals surface area contributed by atoms with Crippen molar-refractivity contribution < 1.29 is 22.8 Å². The molecule has 0 unspecified atom stereocenters. The first-order chi connectivity index (χ1) is 13.4. The zero-order valence-corrected chi connectivity index (χ0v) is 15.9. The molecule has 0 amide bonds. The number of carbonyl (C=O) groups is 1. The number of aromatic nitrogens is 1. The molecule has 3 aromatic rings. The predicted molar refractivity (Wildman–Crippen MR) is 104 cm³/mol. The van der Waals surface area contributed by atoms with Gasteiger partial charge in [-0.15, -0.1) is 0 Å². The van der Waals surface area contributed by atoms with E-state index >= 15 is 0 Å². The molecule has 3 N–H and O–H groups in total. The number of primary sulfonamides is 1. The number of hydrogen-bond acceptors (Lipinski definition) is 5. The van der Waals surface area contributed by atoms with Gasteiger partial charge in [0, 0.05) is 12.0 Å². The van der Waals surface area contributed by atoms with Crippen LogP contribution < -0.4 is 5.14 Å². The Morgan fingerprint density at radius 3 is 2.29 bits per heavy atom. The van der Waals surface area contributed by atoms with Gasteiger partial charge >= 0.3 is 5.97 Å². The maximum atomic E-state index is 11.5. The van der Waals surface area contributed by atoms with E-state index in [1.54, 1.807) is 12.1 Å². The second kappa shape index (κ2) is 8.37. The Morgan fingerprint density at radius 2 is 1.68 bits per heavy atom. The number of sulfonamides is 1. The highest BCUT2D eigenvalue weighted by Gasteiger charge is 2.20. The zero-order valence-electron chi connectivity index (χ0n) is 15.0. The number of rotatable bonds is 8. The van der Waals surface area contributed by atoms with Crippen LogP contribution in [-0.2, 0) is 21.2 Å². The first kappa shape index (κ1) is 19.8. The molecule has 0 spiro atoms. The predicted octanol–water partition coefficient (Wildman–Crippen LogP) is 3.45. The Balaban J connectivity index is 1.98. The third-order valence-electron chi connectivity index (χ3n) is 4.32. The number of carboxylic acid groups (broad SMARTS) is 1. The molecule has 0 saturated heterocycles. The minimum atomic E-state index is -3.78. The summed E-state index contributed by atoms with van der Waals surface area (Å²) in [6.45, 7) is 0. The third-order valence-corrected chi connectivity index (χ3v) is 5.25. The fourth-order valence-corrected chi connectivity index (χ4v) is 3.47. The van der Waals surface area contributed by atoms with Gasteiger partial charge in [0.05, 0.1) is 16.2 Å². The largest absolute Gasteiger partial charge is 0.481 e. The summed E-state index contributed by atoms with van der Waals surface area (Å²) < 4.78 is 28.6. The van der Waals surface area contributed by atoms with Crippen molar-refractivity contribution in [1.29, 1.82) is 0 Å². The Hall–Kier alpha value is -2.97. The summed E-state index contributed by atoms with van der Waals surface area (Å²) in [6.07, 6.45) is 1.83. The summed E-state index contributed by atoms with van der Waals surface area (Å²) >= 11 is 0. The molecule has 1 aromatic heterocycles. The standard InChI is InChI=1S/C20H20N2O5S/c21-28(25,26)16-12-10-14(11-13-16)19-17(8-4-5-9-18(23)24)22-27-20(19)15-6-2-1-3-7-15/h1-3,6-7,10-13H,4-5,8-9H2,(H,23,24)(H2,21,25,26). The van der Waals surface area contributed by atoms with Crippen molar-refractivity contribution >= 4 is 16.0 Å². The lowest BCUT2D eigenvalue weighted by atomic mass is 9.97. The molecule has 0 saturated carbocycles. The van der Waals surface area contributed by atoms with Crippen molar-refractivity contribution in [1.82, 2.24) is 5.16 Å².